The van der Waals surface area contributed by atoms with Crippen molar-refractivity contribution in [1.29, 1.82) is 0 Å². The number of aromatic nitrogens is 4. The summed E-state index contributed by atoms with van der Waals surface area (Å²) in [5.41, 5.74) is 3.61. The molecule has 59 heavy (non-hydrogen) atoms. The van der Waals surface area contributed by atoms with Gasteiger partial charge in [0.05, 0.1) is 11.4 Å². The smallest absolute Gasteiger partial charge is 0.272 e. The van der Waals surface area contributed by atoms with Gasteiger partial charge in [0.25, 0.3) is 11.8 Å². The van der Waals surface area contributed by atoms with Crippen LogP contribution in [0.4, 0.5) is 0 Å². The van der Waals surface area contributed by atoms with Gasteiger partial charge in [-0.15, -0.1) is 0 Å². The molecule has 0 unspecified atom stereocenters. The van der Waals surface area contributed by atoms with E-state index in [1.807, 2.05) is 109 Å². The van der Waals surface area contributed by atoms with Gasteiger partial charge in [0.1, 0.15) is 23.7 Å². The lowest BCUT2D eigenvalue weighted by Crippen LogP contribution is -2.53. The molecule has 0 saturated carbocycles. The first-order valence-electron chi connectivity index (χ1n) is 19.2. The summed E-state index contributed by atoms with van der Waals surface area (Å²) in [6.07, 6.45) is 0. The Kier molecular flexibility index (Phi) is 18.2. The highest BCUT2D eigenvalue weighted by atomic mass is 16.2. The standard InChI is InChI=1S/C21H29N5O2.C20H27N5O2.CH4O.2CH4/c1-21(2,3)17(20(28)22-4)24-19(27)16-15-13-25(5)11-12-26(15)18(23-16)14-9-7-6-8-10-14;1-20(2,3)16(19(27)21-4)24-18(26)15-14-12-22-10-11-25(14)17(23-15)13-8-6-5-7-9-13;1-2;;/h6-10,17H,11-13H2,1-5H3,(H,22,28)(H,24,27);5-9,16,22H,10-12H2,1-4H3,(H,21,27)(H,24,26);2H,1H3;2*1H4/t17-;16-;;;/m00.../s1. The average molecular weight is 817 g/mol. The Morgan fingerprint density at radius 1 is 0.661 bits per heavy atom. The normalized spacial score (nSPS) is 14.4. The Morgan fingerprint density at radius 2 is 1.07 bits per heavy atom. The fourth-order valence-corrected chi connectivity index (χ4v) is 6.81. The van der Waals surface area contributed by atoms with Crippen molar-refractivity contribution >= 4 is 23.6 Å². The summed E-state index contributed by atoms with van der Waals surface area (Å²) in [6.45, 7) is 16.0. The molecule has 4 aromatic rings. The molecular weight excluding hydrogens is 749 g/mol. The number of aliphatic hydroxyl groups excluding tert-OH is 1. The van der Waals surface area contributed by atoms with Crippen LogP contribution in [0.2, 0.25) is 0 Å². The van der Waals surface area contributed by atoms with E-state index in [4.69, 9.17) is 10.1 Å². The van der Waals surface area contributed by atoms with Gasteiger partial charge in [0.15, 0.2) is 11.4 Å². The van der Waals surface area contributed by atoms with Gasteiger partial charge < -0.3 is 40.8 Å². The van der Waals surface area contributed by atoms with Gasteiger partial charge in [0.2, 0.25) is 11.8 Å². The van der Waals surface area contributed by atoms with Crippen molar-refractivity contribution in [1.82, 2.24) is 50.6 Å². The lowest BCUT2D eigenvalue weighted by atomic mass is 9.86. The zero-order chi connectivity index (χ0) is 42.1. The quantitative estimate of drug-likeness (QED) is 0.151. The van der Waals surface area contributed by atoms with Crippen molar-refractivity contribution in [3.05, 3.63) is 83.4 Å². The molecule has 2 aromatic heterocycles. The molecule has 15 nitrogen and oxygen atoms in total. The number of likely N-dealkylation sites (N-methyl/N-ethyl adjacent to an activating group) is 3. The topological polar surface area (TPSA) is 188 Å². The fraction of sp³-hybridized carbons (Fsp3) is 0.500. The molecule has 0 aliphatic carbocycles. The van der Waals surface area contributed by atoms with Gasteiger partial charge >= 0.3 is 0 Å². The Morgan fingerprint density at radius 3 is 1.47 bits per heavy atom. The second kappa shape index (κ2) is 21.6. The van der Waals surface area contributed by atoms with Gasteiger partial charge in [-0.2, -0.15) is 0 Å². The number of hydrogen-bond acceptors (Lipinski definition) is 9. The molecule has 4 heterocycles. The number of hydrogen-bond donors (Lipinski definition) is 6. The molecule has 6 rings (SSSR count). The van der Waals surface area contributed by atoms with E-state index in [2.05, 4.69) is 45.6 Å². The summed E-state index contributed by atoms with van der Waals surface area (Å²) < 4.78 is 4.21. The highest BCUT2D eigenvalue weighted by Gasteiger charge is 2.36. The summed E-state index contributed by atoms with van der Waals surface area (Å²) in [5.74, 6) is 0.503. The number of imidazole rings is 2. The van der Waals surface area contributed by atoms with Gasteiger partial charge in [-0.25, -0.2) is 9.97 Å². The number of benzene rings is 2. The van der Waals surface area contributed by atoms with Gasteiger partial charge in [0, 0.05) is 71.6 Å². The van der Waals surface area contributed by atoms with E-state index >= 15 is 0 Å². The third-order valence-electron chi connectivity index (χ3n) is 9.87. The SMILES string of the molecule is C.C.CNC(=O)[C@H](NC(=O)c1nc(-c2ccccc2)n2c1CN(C)CC2)C(C)(C)C.CNC(=O)[C@H](NC(=O)c1nc(-c2ccccc2)n2c1CNCC2)C(C)(C)C.CO. The number of rotatable bonds is 8. The van der Waals surface area contributed by atoms with Crippen LogP contribution in [0.3, 0.4) is 0 Å². The van der Waals surface area contributed by atoms with Crippen LogP contribution in [0.1, 0.15) is 88.8 Å². The first kappa shape index (κ1) is 49.8. The molecule has 6 N–H and O–H groups in total. The minimum Gasteiger partial charge on any atom is -0.400 e. The molecule has 2 aliphatic rings. The third-order valence-corrected chi connectivity index (χ3v) is 9.87. The van der Waals surface area contributed by atoms with Crippen LogP contribution in [0.15, 0.2) is 60.7 Å². The monoisotopic (exact) mass is 817 g/mol. The van der Waals surface area contributed by atoms with Crippen LogP contribution in [-0.2, 0) is 35.8 Å². The largest absolute Gasteiger partial charge is 0.400 e. The number of fused-ring (bicyclic) bond motifs is 2. The summed E-state index contributed by atoms with van der Waals surface area (Å²) in [5, 5.41) is 21.4. The lowest BCUT2D eigenvalue weighted by Gasteiger charge is -2.30. The predicted octanol–water partition coefficient (Wildman–Crippen LogP) is 4.31. The van der Waals surface area contributed by atoms with E-state index in [0.29, 0.717) is 24.5 Å². The molecule has 0 fully saturated rings. The first-order valence-corrected chi connectivity index (χ1v) is 19.2. The minimum atomic E-state index is -0.649. The molecule has 0 saturated heterocycles. The number of carbonyl (C=O) groups excluding carboxylic acids is 4. The number of carbonyl (C=O) groups is 4. The molecule has 2 aliphatic heterocycles. The average Bonchev–Trinajstić information content (AvgIpc) is 3.78. The van der Waals surface area contributed by atoms with Crippen LogP contribution in [0.25, 0.3) is 22.8 Å². The van der Waals surface area contributed by atoms with Crippen molar-refractivity contribution in [3.63, 3.8) is 0 Å². The lowest BCUT2D eigenvalue weighted by molar-refractivity contribution is -0.125. The number of nitrogens with zero attached hydrogens (tertiary/aromatic N) is 5. The Bertz CT molecular complexity index is 2000. The maximum absolute atomic E-state index is 13.2. The Balaban J connectivity index is 0.000000378. The summed E-state index contributed by atoms with van der Waals surface area (Å²) in [6, 6.07) is 18.4. The Hall–Kier alpha value is -5.38. The van der Waals surface area contributed by atoms with E-state index < -0.39 is 22.9 Å². The molecule has 2 atom stereocenters. The van der Waals surface area contributed by atoms with E-state index in [1.54, 1.807) is 14.1 Å². The summed E-state index contributed by atoms with van der Waals surface area (Å²) in [7, 11) is 6.18. The van der Waals surface area contributed by atoms with Crippen LogP contribution in [0.5, 0.6) is 0 Å². The Labute approximate surface area is 350 Å². The molecule has 324 valence electrons. The van der Waals surface area contributed by atoms with Gasteiger partial charge in [-0.1, -0.05) is 117 Å². The maximum Gasteiger partial charge on any atom is 0.272 e. The second-order valence-corrected chi connectivity index (χ2v) is 16.2. The van der Waals surface area contributed by atoms with E-state index in [0.717, 1.165) is 67.5 Å². The minimum absolute atomic E-state index is 0. The van der Waals surface area contributed by atoms with E-state index in [9.17, 15) is 19.2 Å². The van der Waals surface area contributed by atoms with Crippen LogP contribution >= 0.6 is 0 Å². The summed E-state index contributed by atoms with van der Waals surface area (Å²) in [4.78, 5) is 62.4. The van der Waals surface area contributed by atoms with Crippen LogP contribution < -0.4 is 26.6 Å². The summed E-state index contributed by atoms with van der Waals surface area (Å²) >= 11 is 0. The van der Waals surface area contributed by atoms with Crippen molar-refractivity contribution in [3.8, 4) is 22.8 Å². The van der Waals surface area contributed by atoms with E-state index in [-0.39, 0.29) is 38.5 Å². The molecule has 15 heteroatoms. The van der Waals surface area contributed by atoms with E-state index in [1.165, 1.54) is 0 Å². The maximum atomic E-state index is 13.2. The molecule has 2 aromatic carbocycles. The number of amides is 4. The number of aliphatic hydroxyl groups is 1. The highest BCUT2D eigenvalue weighted by Crippen LogP contribution is 2.28. The first-order chi connectivity index (χ1) is 27.0. The van der Waals surface area contributed by atoms with Crippen molar-refractivity contribution < 1.29 is 24.3 Å². The zero-order valence-corrected chi connectivity index (χ0v) is 35.0. The van der Waals surface area contributed by atoms with Gasteiger partial charge in [-0.05, 0) is 17.9 Å². The van der Waals surface area contributed by atoms with Crippen molar-refractivity contribution in [2.45, 2.75) is 94.7 Å². The highest BCUT2D eigenvalue weighted by molar-refractivity contribution is 5.98. The van der Waals surface area contributed by atoms with Gasteiger partial charge in [-0.3, -0.25) is 24.1 Å². The molecule has 0 radical (unpaired) electrons. The third kappa shape index (κ3) is 11.9. The van der Waals surface area contributed by atoms with Crippen molar-refractivity contribution in [2.24, 2.45) is 10.8 Å². The fourth-order valence-electron chi connectivity index (χ4n) is 6.81. The molecule has 0 spiro atoms. The molecular formula is C44H68N10O5. The van der Waals surface area contributed by atoms with Crippen molar-refractivity contribution in [2.75, 3.05) is 41.3 Å². The van der Waals surface area contributed by atoms with Crippen LogP contribution in [-0.4, -0.2) is 106 Å². The second-order valence-electron chi connectivity index (χ2n) is 16.2. The van der Waals surface area contributed by atoms with Crippen LogP contribution in [0, 0.1) is 10.8 Å². The molecule has 0 bridgehead atoms. The predicted molar refractivity (Wildman–Crippen MR) is 235 cm³/mol. The number of nitrogens with one attached hydrogen (secondary N) is 5. The molecule has 4 amide bonds. The zero-order valence-electron chi connectivity index (χ0n) is 35.0.